The molecule has 0 fully saturated rings. The largest absolute Gasteiger partial charge is 0.269 e. The standard InChI is InChI=1S/C15H15Cl2NO2S/c1-11-4-3-5-13(8-11)18(2)21(19,20)14-6-7-15(17)12(9-14)10-16/h3-9H,10H2,1-2H3. The summed E-state index contributed by atoms with van der Waals surface area (Å²) in [6.07, 6.45) is 0. The highest BCUT2D eigenvalue weighted by molar-refractivity contribution is 7.92. The molecule has 112 valence electrons. The molecule has 2 aromatic carbocycles. The number of anilines is 1. The number of alkyl halides is 1. The third kappa shape index (κ3) is 3.34. The van der Waals surface area contributed by atoms with Crippen molar-refractivity contribution < 1.29 is 8.42 Å². The van der Waals surface area contributed by atoms with Crippen molar-refractivity contribution in [2.75, 3.05) is 11.4 Å². The Kier molecular flexibility index (Phi) is 4.81. The lowest BCUT2D eigenvalue weighted by atomic mass is 10.2. The van der Waals surface area contributed by atoms with Crippen LogP contribution in [-0.4, -0.2) is 15.5 Å². The van der Waals surface area contributed by atoms with Gasteiger partial charge in [-0.15, -0.1) is 11.6 Å². The van der Waals surface area contributed by atoms with Gasteiger partial charge in [-0.3, -0.25) is 4.31 Å². The molecule has 21 heavy (non-hydrogen) atoms. The third-order valence-electron chi connectivity index (χ3n) is 3.18. The first-order valence-corrected chi connectivity index (χ1v) is 8.61. The second-order valence-electron chi connectivity index (χ2n) is 4.70. The Bertz CT molecular complexity index is 760. The maximum atomic E-state index is 12.7. The van der Waals surface area contributed by atoms with Crippen molar-refractivity contribution in [3.63, 3.8) is 0 Å². The molecular formula is C15H15Cl2NO2S. The summed E-state index contributed by atoms with van der Waals surface area (Å²) >= 11 is 11.7. The maximum absolute atomic E-state index is 12.7. The van der Waals surface area contributed by atoms with Crippen molar-refractivity contribution in [1.29, 1.82) is 0 Å². The van der Waals surface area contributed by atoms with E-state index >= 15 is 0 Å². The second-order valence-corrected chi connectivity index (χ2v) is 7.34. The topological polar surface area (TPSA) is 37.4 Å². The molecule has 0 atom stereocenters. The quantitative estimate of drug-likeness (QED) is 0.779. The van der Waals surface area contributed by atoms with Gasteiger partial charge in [0.05, 0.1) is 10.6 Å². The molecule has 0 spiro atoms. The Balaban J connectivity index is 2.46. The average Bonchev–Trinajstić information content (AvgIpc) is 2.46. The second kappa shape index (κ2) is 6.26. The molecule has 0 bridgehead atoms. The summed E-state index contributed by atoms with van der Waals surface area (Å²) < 4.78 is 26.6. The number of sulfonamides is 1. The molecule has 2 aromatic rings. The van der Waals surface area contributed by atoms with Crippen LogP contribution in [0, 0.1) is 6.92 Å². The molecular weight excluding hydrogens is 329 g/mol. The summed E-state index contributed by atoms with van der Waals surface area (Å²) in [5.74, 6) is 0.163. The number of aryl methyl sites for hydroxylation is 1. The Morgan fingerprint density at radius 1 is 1.14 bits per heavy atom. The molecule has 0 saturated carbocycles. The van der Waals surface area contributed by atoms with Crippen LogP contribution in [0.25, 0.3) is 0 Å². The van der Waals surface area contributed by atoms with Crippen LogP contribution in [0.2, 0.25) is 5.02 Å². The van der Waals surface area contributed by atoms with Crippen molar-refractivity contribution >= 4 is 38.9 Å². The average molecular weight is 344 g/mol. The minimum Gasteiger partial charge on any atom is -0.269 e. The highest BCUT2D eigenvalue weighted by atomic mass is 35.5. The maximum Gasteiger partial charge on any atom is 0.264 e. The Morgan fingerprint density at radius 2 is 1.86 bits per heavy atom. The van der Waals surface area contributed by atoms with Gasteiger partial charge in [0, 0.05) is 18.0 Å². The molecule has 2 rings (SSSR count). The number of nitrogens with zero attached hydrogens (tertiary/aromatic N) is 1. The van der Waals surface area contributed by atoms with Crippen LogP contribution in [0.4, 0.5) is 5.69 Å². The highest BCUT2D eigenvalue weighted by Crippen LogP contribution is 2.26. The van der Waals surface area contributed by atoms with Crippen LogP contribution in [0.3, 0.4) is 0 Å². The van der Waals surface area contributed by atoms with Crippen molar-refractivity contribution in [3.8, 4) is 0 Å². The van der Waals surface area contributed by atoms with Crippen molar-refractivity contribution in [1.82, 2.24) is 0 Å². The summed E-state index contributed by atoms with van der Waals surface area (Å²) in [5, 5.41) is 0.460. The van der Waals surface area contributed by atoms with Gasteiger partial charge in [0.15, 0.2) is 0 Å². The minimum atomic E-state index is -3.64. The van der Waals surface area contributed by atoms with Crippen molar-refractivity contribution in [2.45, 2.75) is 17.7 Å². The summed E-state index contributed by atoms with van der Waals surface area (Å²) in [4.78, 5) is 0.173. The van der Waals surface area contributed by atoms with Gasteiger partial charge in [-0.05, 0) is 48.4 Å². The van der Waals surface area contributed by atoms with Gasteiger partial charge >= 0.3 is 0 Å². The lowest BCUT2D eigenvalue weighted by Gasteiger charge is -2.20. The zero-order chi connectivity index (χ0) is 15.6. The van der Waals surface area contributed by atoms with Crippen LogP contribution in [0.5, 0.6) is 0 Å². The van der Waals surface area contributed by atoms with E-state index in [9.17, 15) is 8.42 Å². The van der Waals surface area contributed by atoms with E-state index in [2.05, 4.69) is 0 Å². The fourth-order valence-corrected chi connectivity index (χ4v) is 3.65. The fourth-order valence-electron chi connectivity index (χ4n) is 1.93. The van der Waals surface area contributed by atoms with E-state index in [4.69, 9.17) is 23.2 Å². The molecule has 0 radical (unpaired) electrons. The molecule has 0 unspecified atom stereocenters. The summed E-state index contributed by atoms with van der Waals surface area (Å²) in [5.41, 5.74) is 2.20. The monoisotopic (exact) mass is 343 g/mol. The van der Waals surface area contributed by atoms with Crippen LogP contribution in [0.15, 0.2) is 47.4 Å². The third-order valence-corrected chi connectivity index (χ3v) is 5.62. The summed E-state index contributed by atoms with van der Waals surface area (Å²) in [6.45, 7) is 1.91. The SMILES string of the molecule is Cc1cccc(N(C)S(=O)(=O)c2ccc(Cl)c(CCl)c2)c1. The molecule has 3 nitrogen and oxygen atoms in total. The Morgan fingerprint density at radius 3 is 2.48 bits per heavy atom. The molecule has 0 aromatic heterocycles. The van der Waals surface area contributed by atoms with E-state index in [1.807, 2.05) is 25.1 Å². The summed E-state index contributed by atoms with van der Waals surface area (Å²) in [6, 6.07) is 11.9. The van der Waals surface area contributed by atoms with Crippen LogP contribution >= 0.6 is 23.2 Å². The zero-order valence-electron chi connectivity index (χ0n) is 11.7. The van der Waals surface area contributed by atoms with Gasteiger partial charge in [-0.2, -0.15) is 0 Å². The lowest BCUT2D eigenvalue weighted by molar-refractivity contribution is 0.594. The van der Waals surface area contributed by atoms with Gasteiger partial charge in [0.2, 0.25) is 0 Å². The number of benzene rings is 2. The molecule has 0 saturated heterocycles. The van der Waals surface area contributed by atoms with E-state index in [1.54, 1.807) is 12.1 Å². The van der Waals surface area contributed by atoms with Gasteiger partial charge < -0.3 is 0 Å². The summed E-state index contributed by atoms with van der Waals surface area (Å²) in [7, 11) is -2.12. The fraction of sp³-hybridized carbons (Fsp3) is 0.200. The first-order chi connectivity index (χ1) is 9.86. The van der Waals surface area contributed by atoms with E-state index in [-0.39, 0.29) is 10.8 Å². The smallest absolute Gasteiger partial charge is 0.264 e. The van der Waals surface area contributed by atoms with Crippen LogP contribution in [-0.2, 0) is 15.9 Å². The number of hydrogen-bond donors (Lipinski definition) is 0. The number of rotatable bonds is 4. The van der Waals surface area contributed by atoms with Gasteiger partial charge in [-0.1, -0.05) is 23.7 Å². The molecule has 0 amide bonds. The Labute approximate surface area is 135 Å². The normalized spacial score (nSPS) is 11.4. The van der Waals surface area contributed by atoms with Gasteiger partial charge in [-0.25, -0.2) is 8.42 Å². The highest BCUT2D eigenvalue weighted by Gasteiger charge is 2.22. The number of halogens is 2. The van der Waals surface area contributed by atoms with Crippen LogP contribution < -0.4 is 4.31 Å². The predicted molar refractivity (Wildman–Crippen MR) is 87.8 cm³/mol. The molecule has 0 aliphatic carbocycles. The first kappa shape index (κ1) is 16.1. The van der Waals surface area contributed by atoms with Gasteiger partial charge in [0.25, 0.3) is 10.0 Å². The molecule has 0 N–H and O–H groups in total. The Hall–Kier alpha value is -1.23. The number of hydrogen-bond acceptors (Lipinski definition) is 2. The minimum absolute atomic E-state index is 0.163. The first-order valence-electron chi connectivity index (χ1n) is 6.26. The van der Waals surface area contributed by atoms with Crippen molar-refractivity contribution in [2.24, 2.45) is 0 Å². The predicted octanol–water partition coefficient (Wildman–Crippen LogP) is 4.21. The molecule has 0 aliphatic heterocycles. The van der Waals surface area contributed by atoms with Crippen LogP contribution in [0.1, 0.15) is 11.1 Å². The van der Waals surface area contributed by atoms with E-state index in [0.29, 0.717) is 16.3 Å². The van der Waals surface area contributed by atoms with E-state index < -0.39 is 10.0 Å². The zero-order valence-corrected chi connectivity index (χ0v) is 14.0. The van der Waals surface area contributed by atoms with Gasteiger partial charge in [0.1, 0.15) is 0 Å². The molecule has 0 heterocycles. The molecule has 0 aliphatic rings. The van der Waals surface area contributed by atoms with E-state index in [0.717, 1.165) is 5.56 Å². The van der Waals surface area contributed by atoms with E-state index in [1.165, 1.54) is 23.5 Å². The lowest BCUT2D eigenvalue weighted by Crippen LogP contribution is -2.26. The molecule has 6 heteroatoms. The van der Waals surface area contributed by atoms with Crippen molar-refractivity contribution in [3.05, 3.63) is 58.6 Å².